The Balaban J connectivity index is 2.72. The Morgan fingerprint density at radius 1 is 1.67 bits per heavy atom. The summed E-state index contributed by atoms with van der Waals surface area (Å²) < 4.78 is 0. The van der Waals surface area contributed by atoms with Crippen LogP contribution >= 0.6 is 11.6 Å². The van der Waals surface area contributed by atoms with Crippen LogP contribution in [0.5, 0.6) is 0 Å². The average molecular weight is 231 g/mol. The van der Waals surface area contributed by atoms with Crippen LogP contribution in [-0.2, 0) is 7.05 Å². The zero-order valence-electron chi connectivity index (χ0n) is 9.28. The molecule has 1 heterocycles. The maximum atomic E-state index is 11.7. The van der Waals surface area contributed by atoms with E-state index >= 15 is 0 Å². The van der Waals surface area contributed by atoms with Crippen molar-refractivity contribution in [2.75, 3.05) is 0 Å². The minimum absolute atomic E-state index is 0.168. The van der Waals surface area contributed by atoms with Gasteiger partial charge in [-0.2, -0.15) is 9.90 Å². The number of aromatic nitrogens is 3. The largest absolute Gasteiger partial charge is 0.344 e. The fraction of sp³-hybridized carbons (Fsp3) is 0.667. The van der Waals surface area contributed by atoms with Crippen molar-refractivity contribution >= 4 is 17.5 Å². The van der Waals surface area contributed by atoms with E-state index in [0.717, 1.165) is 0 Å². The number of hydrogen-bond donors (Lipinski definition) is 1. The van der Waals surface area contributed by atoms with E-state index in [1.807, 2.05) is 20.8 Å². The molecule has 0 aliphatic rings. The molecule has 1 N–H and O–H groups in total. The monoisotopic (exact) mass is 230 g/mol. The number of amides is 1. The third-order valence-corrected chi connectivity index (χ3v) is 2.81. The molecule has 1 atom stereocenters. The lowest BCUT2D eigenvalue weighted by atomic mass is 10.0. The molecule has 15 heavy (non-hydrogen) atoms. The van der Waals surface area contributed by atoms with Gasteiger partial charge in [-0.1, -0.05) is 0 Å². The van der Waals surface area contributed by atoms with Crippen molar-refractivity contribution in [1.82, 2.24) is 20.3 Å². The normalized spacial score (nSPS) is 13.7. The first kappa shape index (κ1) is 12.0. The van der Waals surface area contributed by atoms with E-state index in [4.69, 9.17) is 11.6 Å². The topological polar surface area (TPSA) is 59.8 Å². The van der Waals surface area contributed by atoms with Crippen molar-refractivity contribution in [3.63, 3.8) is 0 Å². The smallest absolute Gasteiger partial charge is 0.273 e. The number of carbonyl (C=O) groups excluding carboxylic acids is 1. The van der Waals surface area contributed by atoms with Gasteiger partial charge in [0.15, 0.2) is 5.69 Å². The molecule has 0 radical (unpaired) electrons. The third-order valence-electron chi connectivity index (χ3n) is 2.26. The van der Waals surface area contributed by atoms with Crippen LogP contribution in [0.4, 0.5) is 0 Å². The van der Waals surface area contributed by atoms with Crippen molar-refractivity contribution in [1.29, 1.82) is 0 Å². The van der Waals surface area contributed by atoms with Gasteiger partial charge in [0.05, 0.1) is 17.1 Å². The fourth-order valence-electron chi connectivity index (χ4n) is 0.906. The Hall–Kier alpha value is -1.10. The number of carbonyl (C=O) groups is 1. The second-order valence-electron chi connectivity index (χ2n) is 4.01. The molecular weight excluding hydrogens is 216 g/mol. The average Bonchev–Trinajstić information content (AvgIpc) is 2.50. The molecule has 0 aliphatic heterocycles. The Bertz CT molecular complexity index is 359. The summed E-state index contributed by atoms with van der Waals surface area (Å²) in [5.41, 5.74) is -0.182. The number of nitrogens with zero attached hydrogens (tertiary/aromatic N) is 3. The summed E-state index contributed by atoms with van der Waals surface area (Å²) >= 11 is 5.95. The molecule has 1 aromatic heterocycles. The predicted octanol–water partition coefficient (Wildman–Crippen LogP) is 0.951. The standard InChI is InChI=1S/C9H15ClN4O/c1-6(10)9(2,3)12-8(15)7-5-11-14(4)13-7/h5-6H,1-4H3,(H,12,15). The van der Waals surface area contributed by atoms with Crippen molar-refractivity contribution in [3.05, 3.63) is 11.9 Å². The van der Waals surface area contributed by atoms with Gasteiger partial charge in [-0.25, -0.2) is 0 Å². The number of aryl methyl sites for hydroxylation is 1. The molecule has 6 heteroatoms. The van der Waals surface area contributed by atoms with Gasteiger partial charge in [-0.15, -0.1) is 16.7 Å². The van der Waals surface area contributed by atoms with Crippen LogP contribution in [0.1, 0.15) is 31.3 Å². The number of nitrogens with one attached hydrogen (secondary N) is 1. The number of rotatable bonds is 3. The molecule has 0 saturated carbocycles. The van der Waals surface area contributed by atoms with Crippen LogP contribution in [0.15, 0.2) is 6.20 Å². The van der Waals surface area contributed by atoms with Crippen LogP contribution in [0, 0.1) is 0 Å². The Morgan fingerprint density at radius 2 is 2.27 bits per heavy atom. The molecule has 1 rings (SSSR count). The van der Waals surface area contributed by atoms with Crippen molar-refractivity contribution < 1.29 is 4.79 Å². The molecule has 1 aromatic rings. The highest BCUT2D eigenvalue weighted by Gasteiger charge is 2.27. The van der Waals surface area contributed by atoms with E-state index in [9.17, 15) is 4.79 Å². The third kappa shape index (κ3) is 2.92. The number of alkyl halides is 1. The van der Waals surface area contributed by atoms with Gasteiger partial charge < -0.3 is 5.32 Å². The van der Waals surface area contributed by atoms with Crippen LogP contribution in [-0.4, -0.2) is 31.8 Å². The van der Waals surface area contributed by atoms with E-state index in [1.54, 1.807) is 7.05 Å². The molecule has 1 amide bonds. The molecular formula is C9H15ClN4O. The van der Waals surface area contributed by atoms with E-state index < -0.39 is 5.54 Å². The molecule has 0 fully saturated rings. The second-order valence-corrected chi connectivity index (χ2v) is 4.67. The first-order chi connectivity index (χ1) is 6.83. The molecule has 0 bridgehead atoms. The zero-order chi connectivity index (χ0) is 11.6. The van der Waals surface area contributed by atoms with Crippen LogP contribution < -0.4 is 5.32 Å². The first-order valence-corrected chi connectivity index (χ1v) is 5.09. The SMILES string of the molecule is CC(Cl)C(C)(C)NC(=O)c1cnn(C)n1. The summed E-state index contributed by atoms with van der Waals surface area (Å²) in [7, 11) is 1.66. The molecule has 5 nitrogen and oxygen atoms in total. The maximum absolute atomic E-state index is 11.7. The summed E-state index contributed by atoms with van der Waals surface area (Å²) in [4.78, 5) is 13.0. The van der Waals surface area contributed by atoms with Gasteiger partial charge in [-0.3, -0.25) is 4.79 Å². The Labute approximate surface area is 93.8 Å². The lowest BCUT2D eigenvalue weighted by Gasteiger charge is -2.28. The predicted molar refractivity (Wildman–Crippen MR) is 57.9 cm³/mol. The van der Waals surface area contributed by atoms with Crippen LogP contribution in [0.3, 0.4) is 0 Å². The number of halogens is 1. The van der Waals surface area contributed by atoms with Crippen molar-refractivity contribution in [2.24, 2.45) is 7.05 Å². The molecule has 0 saturated heterocycles. The summed E-state index contributed by atoms with van der Waals surface area (Å²) in [6.07, 6.45) is 1.42. The van der Waals surface area contributed by atoms with E-state index in [2.05, 4.69) is 15.5 Å². The highest BCUT2D eigenvalue weighted by Crippen LogP contribution is 2.15. The van der Waals surface area contributed by atoms with Crippen LogP contribution in [0.25, 0.3) is 0 Å². The molecule has 1 unspecified atom stereocenters. The summed E-state index contributed by atoms with van der Waals surface area (Å²) in [6, 6.07) is 0. The Morgan fingerprint density at radius 3 is 2.67 bits per heavy atom. The summed E-state index contributed by atoms with van der Waals surface area (Å²) in [5, 5.41) is 10.4. The first-order valence-electron chi connectivity index (χ1n) is 4.66. The fourth-order valence-corrected chi connectivity index (χ4v) is 0.960. The second kappa shape index (κ2) is 4.18. The van der Waals surface area contributed by atoms with Gasteiger partial charge in [-0.05, 0) is 20.8 Å². The molecule has 84 valence electrons. The van der Waals surface area contributed by atoms with Crippen molar-refractivity contribution in [2.45, 2.75) is 31.7 Å². The molecule has 0 spiro atoms. The molecule has 0 aliphatic carbocycles. The highest BCUT2D eigenvalue weighted by atomic mass is 35.5. The maximum Gasteiger partial charge on any atom is 0.273 e. The highest BCUT2D eigenvalue weighted by molar-refractivity contribution is 6.21. The van der Waals surface area contributed by atoms with Gasteiger partial charge in [0.2, 0.25) is 0 Å². The van der Waals surface area contributed by atoms with E-state index in [0.29, 0.717) is 5.69 Å². The lowest BCUT2D eigenvalue weighted by molar-refractivity contribution is 0.0906. The quantitative estimate of drug-likeness (QED) is 0.787. The zero-order valence-corrected chi connectivity index (χ0v) is 10.0. The summed E-state index contributed by atoms with van der Waals surface area (Å²) in [5.74, 6) is -0.263. The lowest BCUT2D eigenvalue weighted by Crippen LogP contribution is -2.49. The van der Waals surface area contributed by atoms with E-state index in [1.165, 1.54) is 11.0 Å². The van der Waals surface area contributed by atoms with E-state index in [-0.39, 0.29) is 11.3 Å². The Kier molecular flexibility index (Phi) is 3.34. The van der Waals surface area contributed by atoms with Gasteiger partial charge >= 0.3 is 0 Å². The van der Waals surface area contributed by atoms with Gasteiger partial charge in [0, 0.05) is 7.05 Å². The van der Waals surface area contributed by atoms with Gasteiger partial charge in [0.1, 0.15) is 0 Å². The minimum Gasteiger partial charge on any atom is -0.344 e. The van der Waals surface area contributed by atoms with Crippen molar-refractivity contribution in [3.8, 4) is 0 Å². The number of hydrogen-bond acceptors (Lipinski definition) is 3. The molecule has 0 aromatic carbocycles. The minimum atomic E-state index is -0.476. The van der Waals surface area contributed by atoms with Gasteiger partial charge in [0.25, 0.3) is 5.91 Å². The van der Waals surface area contributed by atoms with Crippen LogP contribution in [0.2, 0.25) is 0 Å². The summed E-state index contributed by atoms with van der Waals surface area (Å²) in [6.45, 7) is 5.55.